The van der Waals surface area contributed by atoms with Crippen LogP contribution in [-0.4, -0.2) is 29.6 Å². The van der Waals surface area contributed by atoms with Crippen molar-refractivity contribution in [1.29, 1.82) is 0 Å². The molecule has 0 amide bonds. The molecule has 4 atom stereocenters. The fraction of sp³-hybridized carbons (Fsp3) is 0.833. The Labute approximate surface area is 114 Å². The standard InChI is InChI=1S/C12H22NOPS2/c1-9(2)10-6-7-12(3)11(8-10)14-15(16,17-12)13(4)5/h10-11H,1,6-8H2,2-5H3/t10-,11?,12+,15?/m1/s1. The highest BCUT2D eigenvalue weighted by molar-refractivity contribution is 8.69. The molecular formula is C12H22NOPS2. The van der Waals surface area contributed by atoms with Crippen LogP contribution < -0.4 is 0 Å². The van der Waals surface area contributed by atoms with Crippen LogP contribution in [0, 0.1) is 5.92 Å². The maximum atomic E-state index is 6.27. The summed E-state index contributed by atoms with van der Waals surface area (Å²) in [6, 6.07) is 0. The second-order valence-electron chi connectivity index (χ2n) is 5.63. The molecule has 0 bridgehead atoms. The predicted octanol–water partition coefficient (Wildman–Crippen LogP) is 4.04. The number of hydrogen-bond acceptors (Lipinski definition) is 3. The number of nitrogens with zero attached hydrogens (tertiary/aromatic N) is 1. The molecular weight excluding hydrogens is 269 g/mol. The summed E-state index contributed by atoms with van der Waals surface area (Å²) in [5, 5.41) is 0. The van der Waals surface area contributed by atoms with Gasteiger partial charge in [0, 0.05) is 4.75 Å². The van der Waals surface area contributed by atoms with Crippen LogP contribution in [0.25, 0.3) is 0 Å². The van der Waals surface area contributed by atoms with E-state index in [4.69, 9.17) is 16.3 Å². The van der Waals surface area contributed by atoms with Gasteiger partial charge in [-0.05, 0) is 64.9 Å². The molecule has 0 N–H and O–H groups in total. The molecule has 0 aromatic heterocycles. The van der Waals surface area contributed by atoms with E-state index >= 15 is 0 Å². The normalized spacial score (nSPS) is 45.9. The smallest absolute Gasteiger partial charge is 0.188 e. The average molecular weight is 291 g/mol. The molecule has 1 aliphatic heterocycles. The first kappa shape index (κ1) is 14.1. The van der Waals surface area contributed by atoms with Crippen molar-refractivity contribution < 1.29 is 4.52 Å². The minimum Gasteiger partial charge on any atom is -0.326 e. The van der Waals surface area contributed by atoms with Gasteiger partial charge in [-0.25, -0.2) is 0 Å². The molecule has 98 valence electrons. The molecule has 2 unspecified atom stereocenters. The number of hydrogen-bond donors (Lipinski definition) is 0. The van der Waals surface area contributed by atoms with Crippen LogP contribution in [0.15, 0.2) is 12.2 Å². The largest absolute Gasteiger partial charge is 0.326 e. The molecule has 0 aromatic carbocycles. The van der Waals surface area contributed by atoms with E-state index in [9.17, 15) is 0 Å². The molecule has 0 radical (unpaired) electrons. The number of allylic oxidation sites excluding steroid dienone is 1. The molecule has 2 nitrogen and oxygen atoms in total. The van der Waals surface area contributed by atoms with Crippen LogP contribution in [0.5, 0.6) is 0 Å². The summed E-state index contributed by atoms with van der Waals surface area (Å²) in [5.41, 5.74) is -0.519. The van der Waals surface area contributed by atoms with Crippen LogP contribution in [0.2, 0.25) is 0 Å². The zero-order valence-electron chi connectivity index (χ0n) is 11.1. The lowest BCUT2D eigenvalue weighted by molar-refractivity contribution is 0.122. The third-order valence-electron chi connectivity index (χ3n) is 3.94. The maximum Gasteiger partial charge on any atom is 0.188 e. The SMILES string of the molecule is C=C(C)[C@@H]1CC[C@]2(C)SP(=S)(N(C)C)OC2C1. The fourth-order valence-electron chi connectivity index (χ4n) is 2.58. The van der Waals surface area contributed by atoms with Crippen LogP contribution >= 0.6 is 17.0 Å². The van der Waals surface area contributed by atoms with Crippen molar-refractivity contribution in [3.63, 3.8) is 0 Å². The average Bonchev–Trinajstić information content (AvgIpc) is 2.48. The minimum atomic E-state index is -1.82. The summed E-state index contributed by atoms with van der Waals surface area (Å²) in [7, 11) is 4.09. The fourth-order valence-corrected chi connectivity index (χ4v) is 9.66. The lowest BCUT2D eigenvalue weighted by Gasteiger charge is -2.37. The van der Waals surface area contributed by atoms with Crippen LogP contribution in [0.4, 0.5) is 0 Å². The first-order valence-corrected chi connectivity index (χ1v) is 10.2. The third kappa shape index (κ3) is 2.52. The Bertz CT molecular complexity index is 385. The van der Waals surface area contributed by atoms with Gasteiger partial charge in [-0.1, -0.05) is 23.5 Å². The van der Waals surface area contributed by atoms with Gasteiger partial charge in [0.05, 0.1) is 6.10 Å². The van der Waals surface area contributed by atoms with Crippen molar-refractivity contribution in [3.05, 3.63) is 12.2 Å². The van der Waals surface area contributed by atoms with E-state index in [-0.39, 0.29) is 4.75 Å². The molecule has 0 aromatic rings. The summed E-state index contributed by atoms with van der Waals surface area (Å²) in [5.74, 6) is 0.623. The molecule has 17 heavy (non-hydrogen) atoms. The van der Waals surface area contributed by atoms with E-state index in [0.29, 0.717) is 12.0 Å². The maximum absolute atomic E-state index is 6.27. The Balaban J connectivity index is 2.18. The molecule has 2 fully saturated rings. The first-order valence-electron chi connectivity index (χ1n) is 6.09. The molecule has 2 rings (SSSR count). The van der Waals surface area contributed by atoms with E-state index in [1.54, 1.807) is 0 Å². The Morgan fingerprint density at radius 1 is 1.59 bits per heavy atom. The topological polar surface area (TPSA) is 12.5 Å². The van der Waals surface area contributed by atoms with E-state index in [1.165, 1.54) is 18.4 Å². The summed E-state index contributed by atoms with van der Waals surface area (Å²) in [6.07, 6.45) is 3.86. The van der Waals surface area contributed by atoms with Crippen LogP contribution in [-0.2, 0) is 16.3 Å². The Morgan fingerprint density at radius 2 is 2.24 bits per heavy atom. The van der Waals surface area contributed by atoms with E-state index < -0.39 is 5.62 Å². The van der Waals surface area contributed by atoms with Gasteiger partial charge in [-0.15, -0.1) is 0 Å². The highest BCUT2D eigenvalue weighted by Gasteiger charge is 2.53. The van der Waals surface area contributed by atoms with Crippen LogP contribution in [0.3, 0.4) is 0 Å². The van der Waals surface area contributed by atoms with Crippen molar-refractivity contribution in [3.8, 4) is 0 Å². The predicted molar refractivity (Wildman–Crippen MR) is 81.0 cm³/mol. The van der Waals surface area contributed by atoms with Gasteiger partial charge in [-0.3, -0.25) is 4.67 Å². The Morgan fingerprint density at radius 3 is 2.76 bits per heavy atom. The highest BCUT2D eigenvalue weighted by Crippen LogP contribution is 2.75. The number of rotatable bonds is 2. The second-order valence-corrected chi connectivity index (χ2v) is 12.9. The van der Waals surface area contributed by atoms with E-state index in [2.05, 4.69) is 25.1 Å². The van der Waals surface area contributed by atoms with E-state index in [1.807, 2.05) is 25.5 Å². The molecule has 1 saturated carbocycles. The van der Waals surface area contributed by atoms with E-state index in [0.717, 1.165) is 6.42 Å². The zero-order chi connectivity index (χ0) is 12.8. The number of fused-ring (bicyclic) bond motifs is 1. The Kier molecular flexibility index (Phi) is 3.85. The second kappa shape index (κ2) is 4.64. The monoisotopic (exact) mass is 291 g/mol. The van der Waals surface area contributed by atoms with Crippen molar-refractivity contribution in [1.82, 2.24) is 4.67 Å². The van der Waals surface area contributed by atoms with Crippen LogP contribution in [0.1, 0.15) is 33.1 Å². The molecule has 1 heterocycles. The zero-order valence-corrected chi connectivity index (χ0v) is 13.6. The molecule has 5 heteroatoms. The summed E-state index contributed by atoms with van der Waals surface area (Å²) in [6.45, 7) is 8.56. The summed E-state index contributed by atoms with van der Waals surface area (Å²) < 4.78 is 8.62. The third-order valence-corrected chi connectivity index (χ3v) is 11.6. The lowest BCUT2D eigenvalue weighted by atomic mass is 9.77. The molecule has 0 spiro atoms. The van der Waals surface area contributed by atoms with Gasteiger partial charge in [0.25, 0.3) is 0 Å². The molecule has 2 aliphatic rings. The lowest BCUT2D eigenvalue weighted by Crippen LogP contribution is -2.39. The van der Waals surface area contributed by atoms with Gasteiger partial charge in [0.2, 0.25) is 0 Å². The van der Waals surface area contributed by atoms with Crippen molar-refractivity contribution >= 4 is 28.8 Å². The summed E-state index contributed by atoms with van der Waals surface area (Å²) in [4.78, 5) is 0. The highest BCUT2D eigenvalue weighted by atomic mass is 32.9. The van der Waals surface area contributed by atoms with Gasteiger partial charge in [0.1, 0.15) is 0 Å². The van der Waals surface area contributed by atoms with Crippen molar-refractivity contribution in [2.75, 3.05) is 14.1 Å². The van der Waals surface area contributed by atoms with Gasteiger partial charge < -0.3 is 4.52 Å². The minimum absolute atomic E-state index is 0.228. The van der Waals surface area contributed by atoms with Gasteiger partial charge in [0.15, 0.2) is 5.62 Å². The summed E-state index contributed by atoms with van der Waals surface area (Å²) >= 11 is 7.66. The first-order chi connectivity index (χ1) is 7.77. The molecule has 1 aliphatic carbocycles. The molecule has 1 saturated heterocycles. The van der Waals surface area contributed by atoms with Gasteiger partial charge in [-0.2, -0.15) is 0 Å². The van der Waals surface area contributed by atoms with Crippen molar-refractivity contribution in [2.24, 2.45) is 5.92 Å². The Hall–Kier alpha value is 0.660. The van der Waals surface area contributed by atoms with Crippen molar-refractivity contribution in [2.45, 2.75) is 44.0 Å². The quantitative estimate of drug-likeness (QED) is 0.562. The van der Waals surface area contributed by atoms with Gasteiger partial charge >= 0.3 is 0 Å².